The molecule has 1 saturated heterocycles. The fourth-order valence-corrected chi connectivity index (χ4v) is 4.27. The molecule has 2 amide bonds. The number of benzene rings is 1. The predicted molar refractivity (Wildman–Crippen MR) is 115 cm³/mol. The van der Waals surface area contributed by atoms with Crippen LogP contribution in [-0.4, -0.2) is 72.6 Å². The van der Waals surface area contributed by atoms with Crippen LogP contribution < -0.4 is 10.6 Å². The average Bonchev–Trinajstić information content (AvgIpc) is 2.76. The second kappa shape index (κ2) is 12.2. The van der Waals surface area contributed by atoms with Gasteiger partial charge in [0.05, 0.1) is 7.11 Å². The van der Waals surface area contributed by atoms with E-state index in [2.05, 4.69) is 10.6 Å². The summed E-state index contributed by atoms with van der Waals surface area (Å²) in [5.74, 6) is -2.27. The molecular weight excluding hydrogens is 440 g/mol. The number of carbonyl (C=O) groups is 5. The topological polar surface area (TPSA) is 137 Å². The van der Waals surface area contributed by atoms with Crippen LogP contribution >= 0.6 is 11.8 Å². The third kappa shape index (κ3) is 7.65. The van der Waals surface area contributed by atoms with Crippen LogP contribution in [0.3, 0.4) is 0 Å². The maximum Gasteiger partial charge on any atom is 0.329 e. The Kier molecular flexibility index (Phi) is 9.66. The third-order valence-electron chi connectivity index (χ3n) is 4.51. The molecule has 10 nitrogen and oxygen atoms in total. The van der Waals surface area contributed by atoms with Gasteiger partial charge in [0.2, 0.25) is 5.91 Å². The number of carbonyl (C=O) groups excluding carboxylic acids is 5. The summed E-state index contributed by atoms with van der Waals surface area (Å²) < 4.78 is 15.5. The summed E-state index contributed by atoms with van der Waals surface area (Å²) in [7, 11) is 1.21. The molecule has 2 rings (SSSR count). The van der Waals surface area contributed by atoms with Crippen LogP contribution in [0.5, 0.6) is 0 Å². The highest BCUT2D eigenvalue weighted by Gasteiger charge is 2.39. The lowest BCUT2D eigenvalue weighted by Gasteiger charge is -2.35. The molecule has 1 aromatic carbocycles. The van der Waals surface area contributed by atoms with Crippen LogP contribution in [-0.2, 0) is 33.4 Å². The molecule has 1 aromatic rings. The molecule has 1 aliphatic heterocycles. The van der Waals surface area contributed by atoms with Gasteiger partial charge in [-0.05, 0) is 12.1 Å². The standard InChI is InChI=1S/C21H26N2O8S/c1-12(24)22-15(21(28)29-3)11-32-18-9-16(26)20(31-17(18)10-30-13(2)25)23-19(27)14-7-5-4-6-8-14/h4-8,15,17-18,20H,9-11H2,1-3H3,(H,22,24)(H,23,27)/t15-,17+,18?,20+/m0/s1. The summed E-state index contributed by atoms with van der Waals surface area (Å²) in [6, 6.07) is 7.45. The molecule has 0 radical (unpaired) electrons. The minimum Gasteiger partial charge on any atom is -0.467 e. The van der Waals surface area contributed by atoms with Gasteiger partial charge in [0.15, 0.2) is 12.0 Å². The lowest BCUT2D eigenvalue weighted by Crippen LogP contribution is -2.53. The second-order valence-corrected chi connectivity index (χ2v) is 8.29. The zero-order valence-corrected chi connectivity index (χ0v) is 18.8. The van der Waals surface area contributed by atoms with Gasteiger partial charge in [-0.25, -0.2) is 4.79 Å². The number of hydrogen-bond donors (Lipinski definition) is 2. The van der Waals surface area contributed by atoms with E-state index in [4.69, 9.17) is 14.2 Å². The van der Waals surface area contributed by atoms with Gasteiger partial charge in [-0.15, -0.1) is 0 Å². The fourth-order valence-electron chi connectivity index (χ4n) is 2.97. The largest absolute Gasteiger partial charge is 0.467 e. The van der Waals surface area contributed by atoms with Crippen molar-refractivity contribution in [2.24, 2.45) is 0 Å². The number of hydrogen-bond acceptors (Lipinski definition) is 9. The summed E-state index contributed by atoms with van der Waals surface area (Å²) in [6.45, 7) is 2.38. The lowest BCUT2D eigenvalue weighted by atomic mass is 10.1. The van der Waals surface area contributed by atoms with Crippen molar-refractivity contribution in [3.63, 3.8) is 0 Å². The maximum atomic E-state index is 12.6. The van der Waals surface area contributed by atoms with Crippen LogP contribution in [0.4, 0.5) is 0 Å². The van der Waals surface area contributed by atoms with Crippen molar-refractivity contribution in [1.82, 2.24) is 10.6 Å². The molecule has 1 unspecified atom stereocenters. The number of rotatable bonds is 9. The molecule has 1 aliphatic rings. The van der Waals surface area contributed by atoms with Crippen molar-refractivity contribution in [1.29, 1.82) is 0 Å². The molecule has 32 heavy (non-hydrogen) atoms. The van der Waals surface area contributed by atoms with E-state index in [1.54, 1.807) is 30.3 Å². The molecule has 4 atom stereocenters. The fraction of sp³-hybridized carbons (Fsp3) is 0.476. The molecular formula is C21H26N2O8S. The first-order chi connectivity index (χ1) is 15.2. The van der Waals surface area contributed by atoms with E-state index >= 15 is 0 Å². The zero-order valence-electron chi connectivity index (χ0n) is 18.0. The van der Waals surface area contributed by atoms with Gasteiger partial charge in [-0.1, -0.05) is 18.2 Å². The number of ether oxygens (including phenoxy) is 3. The molecule has 1 heterocycles. The molecule has 0 aromatic heterocycles. The molecule has 0 bridgehead atoms. The summed E-state index contributed by atoms with van der Waals surface area (Å²) in [6.07, 6.45) is -1.92. The summed E-state index contributed by atoms with van der Waals surface area (Å²) in [5.41, 5.74) is 0.369. The zero-order chi connectivity index (χ0) is 23.7. The van der Waals surface area contributed by atoms with E-state index in [9.17, 15) is 24.0 Å². The van der Waals surface area contributed by atoms with Crippen LogP contribution in [0.1, 0.15) is 30.6 Å². The first-order valence-corrected chi connectivity index (χ1v) is 10.9. The third-order valence-corrected chi connectivity index (χ3v) is 5.93. The van der Waals surface area contributed by atoms with Gasteiger partial charge >= 0.3 is 11.9 Å². The highest BCUT2D eigenvalue weighted by molar-refractivity contribution is 8.00. The summed E-state index contributed by atoms with van der Waals surface area (Å²) >= 11 is 1.21. The smallest absolute Gasteiger partial charge is 0.329 e. The van der Waals surface area contributed by atoms with Gasteiger partial charge in [-0.2, -0.15) is 11.8 Å². The van der Waals surface area contributed by atoms with Gasteiger partial charge in [0.1, 0.15) is 18.8 Å². The van der Waals surface area contributed by atoms with Crippen molar-refractivity contribution in [2.45, 2.75) is 43.9 Å². The van der Waals surface area contributed by atoms with Crippen LogP contribution in [0.2, 0.25) is 0 Å². The number of Topliss-reactive ketones (excluding diaryl/α,β-unsaturated/α-hetero) is 1. The quantitative estimate of drug-likeness (QED) is 0.497. The average molecular weight is 467 g/mol. The molecule has 11 heteroatoms. The van der Waals surface area contributed by atoms with E-state index in [-0.39, 0.29) is 24.6 Å². The molecule has 174 valence electrons. The van der Waals surface area contributed by atoms with Crippen molar-refractivity contribution in [2.75, 3.05) is 19.5 Å². The normalized spacial score (nSPS) is 21.2. The van der Waals surface area contributed by atoms with Gasteiger partial charge in [0, 0.05) is 36.8 Å². The number of thioether (sulfide) groups is 1. The lowest BCUT2D eigenvalue weighted by molar-refractivity contribution is -0.156. The van der Waals surface area contributed by atoms with Crippen LogP contribution in [0.25, 0.3) is 0 Å². The molecule has 0 aliphatic carbocycles. The van der Waals surface area contributed by atoms with E-state index in [1.165, 1.54) is 32.7 Å². The van der Waals surface area contributed by atoms with E-state index in [1.807, 2.05) is 0 Å². The summed E-state index contributed by atoms with van der Waals surface area (Å²) in [5, 5.41) is 4.57. The van der Waals surface area contributed by atoms with Gasteiger partial charge < -0.3 is 24.8 Å². The van der Waals surface area contributed by atoms with Crippen molar-refractivity contribution < 1.29 is 38.2 Å². The predicted octanol–water partition coefficient (Wildman–Crippen LogP) is 0.443. The summed E-state index contributed by atoms with van der Waals surface area (Å²) in [4.78, 5) is 59.6. The van der Waals surface area contributed by atoms with Crippen molar-refractivity contribution >= 4 is 41.3 Å². The second-order valence-electron chi connectivity index (χ2n) is 7.02. The Morgan fingerprint density at radius 2 is 1.88 bits per heavy atom. The van der Waals surface area contributed by atoms with Gasteiger partial charge in [0.25, 0.3) is 5.91 Å². The van der Waals surface area contributed by atoms with Crippen LogP contribution in [0.15, 0.2) is 30.3 Å². The highest BCUT2D eigenvalue weighted by atomic mass is 32.2. The number of ketones is 1. The molecule has 0 spiro atoms. The minimum atomic E-state index is -1.20. The maximum absolute atomic E-state index is 12.6. The SMILES string of the molecule is COC(=O)[C@H](CSC1CC(=O)[C@H](NC(=O)c2ccccc2)O[C@@H]1COC(C)=O)NC(C)=O. The number of nitrogens with one attached hydrogen (secondary N) is 2. The first kappa shape index (κ1) is 25.3. The van der Waals surface area contributed by atoms with Crippen LogP contribution in [0, 0.1) is 0 Å². The molecule has 0 saturated carbocycles. The Bertz CT molecular complexity index is 847. The Balaban J connectivity index is 2.07. The first-order valence-electron chi connectivity index (χ1n) is 9.85. The van der Waals surface area contributed by atoms with E-state index < -0.39 is 47.4 Å². The number of methoxy groups -OCH3 is 1. The monoisotopic (exact) mass is 466 g/mol. The Morgan fingerprint density at radius 3 is 2.47 bits per heavy atom. The Morgan fingerprint density at radius 1 is 1.19 bits per heavy atom. The minimum absolute atomic E-state index is 0.00426. The highest BCUT2D eigenvalue weighted by Crippen LogP contribution is 2.28. The van der Waals surface area contributed by atoms with Gasteiger partial charge in [-0.3, -0.25) is 19.2 Å². The van der Waals surface area contributed by atoms with Crippen molar-refractivity contribution in [3.05, 3.63) is 35.9 Å². The van der Waals surface area contributed by atoms with Crippen molar-refractivity contribution in [3.8, 4) is 0 Å². The Labute approximate surface area is 189 Å². The number of amides is 2. The van der Waals surface area contributed by atoms with E-state index in [0.29, 0.717) is 5.56 Å². The molecule has 1 fully saturated rings. The number of esters is 2. The van der Waals surface area contributed by atoms with E-state index in [0.717, 1.165) is 0 Å². The Hall–Kier alpha value is -2.92. The molecule has 2 N–H and O–H groups in total.